The van der Waals surface area contributed by atoms with Crippen molar-refractivity contribution >= 4 is 32.7 Å². The lowest BCUT2D eigenvalue weighted by Crippen LogP contribution is -2.40. The molecule has 1 saturated heterocycles. The van der Waals surface area contributed by atoms with Gasteiger partial charge in [0.25, 0.3) is 0 Å². The summed E-state index contributed by atoms with van der Waals surface area (Å²) in [6.07, 6.45) is 5.92. The molecule has 6 heteroatoms. The fraction of sp³-hybridized carbons (Fsp3) is 0.467. The van der Waals surface area contributed by atoms with Crippen molar-refractivity contribution in [2.45, 2.75) is 18.9 Å². The average Bonchev–Trinajstić information content (AvgIpc) is 2.52. The summed E-state index contributed by atoms with van der Waals surface area (Å²) in [6, 6.07) is 3.99. The highest BCUT2D eigenvalue weighted by Gasteiger charge is 2.22. The van der Waals surface area contributed by atoms with Gasteiger partial charge in [-0.3, -0.25) is 9.97 Å². The molecule has 2 aromatic rings. The van der Waals surface area contributed by atoms with Crippen molar-refractivity contribution in [2.24, 2.45) is 0 Å². The van der Waals surface area contributed by atoms with E-state index in [-0.39, 0.29) is 12.7 Å². The van der Waals surface area contributed by atoms with Crippen LogP contribution in [-0.2, 0) is 4.74 Å². The summed E-state index contributed by atoms with van der Waals surface area (Å²) in [5.41, 5.74) is 2.91. The smallest absolute Gasteiger partial charge is 0.112 e. The van der Waals surface area contributed by atoms with Gasteiger partial charge in [-0.2, -0.15) is 0 Å². The van der Waals surface area contributed by atoms with Gasteiger partial charge in [0.2, 0.25) is 0 Å². The first-order chi connectivity index (χ1) is 10.3. The molecule has 0 bridgehead atoms. The second-order valence-corrected chi connectivity index (χ2v) is 6.07. The Morgan fingerprint density at radius 1 is 1.43 bits per heavy atom. The Morgan fingerprint density at radius 2 is 2.33 bits per heavy atom. The van der Waals surface area contributed by atoms with Gasteiger partial charge in [0.15, 0.2) is 0 Å². The number of fused-ring (bicyclic) bond motifs is 1. The van der Waals surface area contributed by atoms with E-state index in [1.165, 1.54) is 0 Å². The Bertz CT molecular complexity index is 623. The van der Waals surface area contributed by atoms with Crippen LogP contribution in [0.25, 0.3) is 11.0 Å². The molecule has 0 saturated carbocycles. The zero-order valence-electron chi connectivity index (χ0n) is 11.7. The SMILES string of the molecule is OCCOC1CCCN(c2ccnc3cc(Br)cnc23)C1. The summed E-state index contributed by atoms with van der Waals surface area (Å²) >= 11 is 3.43. The fourth-order valence-electron chi connectivity index (χ4n) is 2.76. The number of anilines is 1. The van der Waals surface area contributed by atoms with E-state index in [2.05, 4.69) is 30.8 Å². The Kier molecular flexibility index (Phi) is 4.67. The minimum atomic E-state index is 0.0737. The Morgan fingerprint density at radius 3 is 3.19 bits per heavy atom. The van der Waals surface area contributed by atoms with Crippen LogP contribution < -0.4 is 4.90 Å². The minimum absolute atomic E-state index is 0.0737. The zero-order chi connectivity index (χ0) is 14.7. The quantitative estimate of drug-likeness (QED) is 0.916. The highest BCUT2D eigenvalue weighted by molar-refractivity contribution is 9.10. The van der Waals surface area contributed by atoms with E-state index in [1.807, 2.05) is 18.3 Å². The van der Waals surface area contributed by atoms with Crippen LogP contribution in [0, 0.1) is 0 Å². The lowest BCUT2D eigenvalue weighted by molar-refractivity contribution is 0.0215. The maximum absolute atomic E-state index is 8.89. The fourth-order valence-corrected chi connectivity index (χ4v) is 3.08. The molecule has 3 rings (SSSR count). The van der Waals surface area contributed by atoms with Crippen LogP contribution in [0.15, 0.2) is 29.0 Å². The van der Waals surface area contributed by atoms with Crippen molar-refractivity contribution in [3.8, 4) is 0 Å². The van der Waals surface area contributed by atoms with Gasteiger partial charge < -0.3 is 14.7 Å². The third-order valence-corrected chi connectivity index (χ3v) is 4.12. The Labute approximate surface area is 132 Å². The van der Waals surface area contributed by atoms with Gasteiger partial charge in [0.1, 0.15) is 5.52 Å². The number of hydrogen-bond acceptors (Lipinski definition) is 5. The standard InChI is InChI=1S/C15H18BrN3O2/c16-11-8-13-15(18-9-11)14(3-4-17-13)19-5-1-2-12(10-19)21-7-6-20/h3-4,8-9,12,20H,1-2,5-7,10H2. The highest BCUT2D eigenvalue weighted by Crippen LogP contribution is 2.28. The maximum Gasteiger partial charge on any atom is 0.112 e. The van der Waals surface area contributed by atoms with Crippen molar-refractivity contribution in [1.82, 2.24) is 9.97 Å². The second kappa shape index (κ2) is 6.68. The van der Waals surface area contributed by atoms with E-state index in [9.17, 15) is 0 Å². The predicted molar refractivity (Wildman–Crippen MR) is 85.5 cm³/mol. The highest BCUT2D eigenvalue weighted by atomic mass is 79.9. The van der Waals surface area contributed by atoms with E-state index in [1.54, 1.807) is 6.20 Å². The molecule has 1 unspecified atom stereocenters. The number of ether oxygens (including phenoxy) is 1. The van der Waals surface area contributed by atoms with E-state index in [4.69, 9.17) is 9.84 Å². The summed E-state index contributed by atoms with van der Waals surface area (Å²) < 4.78 is 6.61. The molecule has 2 aromatic heterocycles. The molecule has 0 spiro atoms. The average molecular weight is 352 g/mol. The van der Waals surface area contributed by atoms with Gasteiger partial charge >= 0.3 is 0 Å². The molecule has 1 aliphatic rings. The summed E-state index contributed by atoms with van der Waals surface area (Å²) in [6.45, 7) is 2.30. The molecule has 112 valence electrons. The van der Waals surface area contributed by atoms with Crippen LogP contribution >= 0.6 is 15.9 Å². The molecule has 1 atom stereocenters. The number of halogens is 1. The van der Waals surface area contributed by atoms with Crippen molar-refractivity contribution in [1.29, 1.82) is 0 Å². The third-order valence-electron chi connectivity index (χ3n) is 3.69. The summed E-state index contributed by atoms with van der Waals surface area (Å²) in [5.74, 6) is 0. The van der Waals surface area contributed by atoms with Crippen LogP contribution in [0.3, 0.4) is 0 Å². The first-order valence-electron chi connectivity index (χ1n) is 7.15. The Balaban J connectivity index is 1.86. The molecule has 0 aromatic carbocycles. The largest absolute Gasteiger partial charge is 0.394 e. The number of hydrogen-bond donors (Lipinski definition) is 1. The van der Waals surface area contributed by atoms with Crippen molar-refractivity contribution < 1.29 is 9.84 Å². The van der Waals surface area contributed by atoms with Gasteiger partial charge in [-0.25, -0.2) is 0 Å². The zero-order valence-corrected chi connectivity index (χ0v) is 13.3. The van der Waals surface area contributed by atoms with E-state index < -0.39 is 0 Å². The summed E-state index contributed by atoms with van der Waals surface area (Å²) in [4.78, 5) is 11.2. The lowest BCUT2D eigenvalue weighted by Gasteiger charge is -2.34. The monoisotopic (exact) mass is 351 g/mol. The lowest BCUT2D eigenvalue weighted by atomic mass is 10.1. The topological polar surface area (TPSA) is 58.5 Å². The first kappa shape index (κ1) is 14.7. The number of aromatic nitrogens is 2. The van der Waals surface area contributed by atoms with Crippen LogP contribution in [0.2, 0.25) is 0 Å². The number of nitrogens with zero attached hydrogens (tertiary/aromatic N) is 3. The number of piperidine rings is 1. The second-order valence-electron chi connectivity index (χ2n) is 5.16. The minimum Gasteiger partial charge on any atom is -0.394 e. The van der Waals surface area contributed by atoms with Gasteiger partial charge in [-0.05, 0) is 40.9 Å². The molecule has 21 heavy (non-hydrogen) atoms. The van der Waals surface area contributed by atoms with Crippen molar-refractivity contribution in [3.05, 3.63) is 29.0 Å². The molecule has 1 N–H and O–H groups in total. The maximum atomic E-state index is 8.89. The number of pyridine rings is 2. The van der Waals surface area contributed by atoms with E-state index in [0.29, 0.717) is 6.61 Å². The van der Waals surface area contributed by atoms with Gasteiger partial charge in [-0.1, -0.05) is 0 Å². The summed E-state index contributed by atoms with van der Waals surface area (Å²) in [7, 11) is 0. The van der Waals surface area contributed by atoms with E-state index in [0.717, 1.165) is 47.1 Å². The molecular weight excluding hydrogens is 334 g/mol. The molecule has 0 radical (unpaired) electrons. The summed E-state index contributed by atoms with van der Waals surface area (Å²) in [5, 5.41) is 8.89. The molecule has 0 amide bonds. The Hall–Kier alpha value is -1.24. The number of rotatable bonds is 4. The van der Waals surface area contributed by atoms with Crippen LogP contribution in [-0.4, -0.2) is 47.5 Å². The van der Waals surface area contributed by atoms with E-state index >= 15 is 0 Å². The van der Waals surface area contributed by atoms with Crippen LogP contribution in [0.5, 0.6) is 0 Å². The molecule has 3 heterocycles. The molecule has 1 aliphatic heterocycles. The normalized spacial score (nSPS) is 19.1. The van der Waals surface area contributed by atoms with Crippen molar-refractivity contribution in [2.75, 3.05) is 31.2 Å². The number of aliphatic hydroxyl groups is 1. The first-order valence-corrected chi connectivity index (χ1v) is 7.95. The van der Waals surface area contributed by atoms with Gasteiger partial charge in [-0.15, -0.1) is 0 Å². The number of aliphatic hydroxyl groups excluding tert-OH is 1. The molecule has 5 nitrogen and oxygen atoms in total. The molecule has 0 aliphatic carbocycles. The van der Waals surface area contributed by atoms with Gasteiger partial charge in [0.05, 0.1) is 30.5 Å². The van der Waals surface area contributed by atoms with Crippen molar-refractivity contribution in [3.63, 3.8) is 0 Å². The molecular formula is C15H18BrN3O2. The van der Waals surface area contributed by atoms with Gasteiger partial charge in [0, 0.05) is 30.0 Å². The third kappa shape index (κ3) is 3.33. The molecule has 1 fully saturated rings. The van der Waals surface area contributed by atoms with Crippen LogP contribution in [0.4, 0.5) is 5.69 Å². The predicted octanol–water partition coefficient (Wildman–Crippen LogP) is 2.37. The van der Waals surface area contributed by atoms with Crippen LogP contribution in [0.1, 0.15) is 12.8 Å².